The van der Waals surface area contributed by atoms with E-state index >= 15 is 0 Å². The molecule has 1 aliphatic carbocycles. The van der Waals surface area contributed by atoms with Gasteiger partial charge in [-0.3, -0.25) is 4.79 Å². The van der Waals surface area contributed by atoms with Gasteiger partial charge in [0.1, 0.15) is 6.61 Å². The maximum Gasteiger partial charge on any atom is 1.00 e. The van der Waals surface area contributed by atoms with Crippen molar-refractivity contribution in [3.63, 3.8) is 0 Å². The number of aliphatic carboxylic acids is 1. The molecule has 198 valence electrons. The molecule has 6 nitrogen and oxygen atoms in total. The third-order valence-corrected chi connectivity index (χ3v) is 7.40. The quantitative estimate of drug-likeness (QED) is 0.464. The summed E-state index contributed by atoms with van der Waals surface area (Å²) in [5.41, 5.74) is 4.25. The Hall–Kier alpha value is -2.31. The number of carbonyl (C=O) groups is 2. The van der Waals surface area contributed by atoms with Gasteiger partial charge < -0.3 is 32.6 Å². The van der Waals surface area contributed by atoms with Crippen LogP contribution in [0.1, 0.15) is 28.2 Å². The molecule has 0 bridgehead atoms. The smallest absolute Gasteiger partial charge is 0.481 e. The summed E-state index contributed by atoms with van der Waals surface area (Å²) in [6.07, 6.45) is -0.950. The largest absolute Gasteiger partial charge is 1.00 e. The van der Waals surface area contributed by atoms with Gasteiger partial charge in [0.2, 0.25) is 0 Å². The monoisotopic (exact) mass is 562 g/mol. The summed E-state index contributed by atoms with van der Waals surface area (Å²) in [7, 11) is 0. The maximum absolute atomic E-state index is 13.7. The van der Waals surface area contributed by atoms with E-state index in [0.29, 0.717) is 18.8 Å². The minimum atomic E-state index is -5.30. The predicted molar refractivity (Wildman–Crippen MR) is 140 cm³/mol. The zero-order valence-corrected chi connectivity index (χ0v) is 25.0. The number of fused-ring (bicyclic) bond motifs is 3. The van der Waals surface area contributed by atoms with Crippen LogP contribution in [0.3, 0.4) is 0 Å². The molecule has 3 aromatic rings. The SMILES string of the molecule is Cc1c(N2CCN(C(=O)OCC3c4ccccc4-c4ccccc43)CC2)cc(CC(=O)O)cc1[B-](F)(F)F.[K+]. The number of rotatable bonds is 6. The van der Waals surface area contributed by atoms with Crippen molar-refractivity contribution in [3.05, 3.63) is 82.9 Å². The minimum absolute atomic E-state index is 0. The van der Waals surface area contributed by atoms with Crippen LogP contribution in [0.4, 0.5) is 23.4 Å². The van der Waals surface area contributed by atoms with Crippen molar-refractivity contribution >= 4 is 30.2 Å². The van der Waals surface area contributed by atoms with Crippen LogP contribution in [-0.4, -0.2) is 61.8 Å². The van der Waals surface area contributed by atoms with Crippen molar-refractivity contribution in [2.45, 2.75) is 19.3 Å². The molecule has 1 heterocycles. The summed E-state index contributed by atoms with van der Waals surface area (Å²) < 4.78 is 46.8. The number of piperazine rings is 1. The van der Waals surface area contributed by atoms with Crippen LogP contribution in [0.5, 0.6) is 0 Å². The van der Waals surface area contributed by atoms with Gasteiger partial charge in [-0.05, 0) is 40.8 Å². The Morgan fingerprint density at radius 2 is 1.51 bits per heavy atom. The van der Waals surface area contributed by atoms with Gasteiger partial charge in [-0.15, -0.1) is 5.46 Å². The molecule has 11 heteroatoms. The van der Waals surface area contributed by atoms with Gasteiger partial charge >= 0.3 is 70.4 Å². The van der Waals surface area contributed by atoms with E-state index in [1.165, 1.54) is 13.0 Å². The van der Waals surface area contributed by atoms with Crippen LogP contribution in [0.25, 0.3) is 11.1 Å². The molecule has 0 saturated carbocycles. The number of ether oxygens (including phenoxy) is 1. The van der Waals surface area contributed by atoms with E-state index in [0.717, 1.165) is 28.3 Å². The average molecular weight is 562 g/mol. The Morgan fingerprint density at radius 1 is 0.949 bits per heavy atom. The van der Waals surface area contributed by atoms with Crippen LogP contribution in [0, 0.1) is 6.92 Å². The number of hydrogen-bond acceptors (Lipinski definition) is 4. The number of benzene rings is 3. The second kappa shape index (κ2) is 12.1. The molecule has 1 aliphatic heterocycles. The first kappa shape index (κ1) is 29.7. The van der Waals surface area contributed by atoms with Crippen LogP contribution < -0.4 is 61.7 Å². The molecule has 1 saturated heterocycles. The van der Waals surface area contributed by atoms with Crippen molar-refractivity contribution in [1.82, 2.24) is 4.90 Å². The predicted octanol–water partition coefficient (Wildman–Crippen LogP) is 1.75. The van der Waals surface area contributed by atoms with Crippen molar-refractivity contribution < 1.29 is 83.8 Å². The molecule has 5 rings (SSSR count). The topological polar surface area (TPSA) is 70.1 Å². The van der Waals surface area contributed by atoms with E-state index in [4.69, 9.17) is 9.84 Å². The fourth-order valence-corrected chi connectivity index (χ4v) is 5.54. The number of carboxylic acids is 1. The van der Waals surface area contributed by atoms with E-state index in [2.05, 4.69) is 12.1 Å². The number of halogens is 3. The van der Waals surface area contributed by atoms with E-state index in [1.807, 2.05) is 36.4 Å². The van der Waals surface area contributed by atoms with Crippen LogP contribution >= 0.6 is 0 Å². The third kappa shape index (κ3) is 6.22. The molecule has 39 heavy (non-hydrogen) atoms. The van der Waals surface area contributed by atoms with Crippen molar-refractivity contribution in [3.8, 4) is 11.1 Å². The fraction of sp³-hybridized carbons (Fsp3) is 0.286. The van der Waals surface area contributed by atoms with Crippen LogP contribution in [0.15, 0.2) is 60.7 Å². The Bertz CT molecular complexity index is 1350. The Balaban J connectivity index is 0.00000353. The van der Waals surface area contributed by atoms with E-state index in [9.17, 15) is 22.5 Å². The zero-order valence-electron chi connectivity index (χ0n) is 21.9. The van der Waals surface area contributed by atoms with Crippen molar-refractivity contribution in [2.24, 2.45) is 0 Å². The molecular weight excluding hydrogens is 535 g/mol. The number of anilines is 1. The molecule has 1 fully saturated rings. The van der Waals surface area contributed by atoms with Gasteiger partial charge in [-0.25, -0.2) is 4.79 Å². The molecule has 0 atom stereocenters. The first-order valence-corrected chi connectivity index (χ1v) is 12.5. The van der Waals surface area contributed by atoms with Crippen LogP contribution in [-0.2, 0) is 16.0 Å². The van der Waals surface area contributed by atoms with Gasteiger partial charge in [0.05, 0.1) is 6.42 Å². The normalized spacial score (nSPS) is 14.9. The van der Waals surface area contributed by atoms with Gasteiger partial charge in [-0.1, -0.05) is 60.2 Å². The summed E-state index contributed by atoms with van der Waals surface area (Å²) >= 11 is 0. The van der Waals surface area contributed by atoms with Crippen molar-refractivity contribution in [1.29, 1.82) is 0 Å². The zero-order chi connectivity index (χ0) is 27.0. The third-order valence-electron chi connectivity index (χ3n) is 7.40. The number of nitrogens with zero attached hydrogens (tertiary/aromatic N) is 2. The fourth-order valence-electron chi connectivity index (χ4n) is 5.54. The molecule has 1 amide bonds. The molecule has 0 radical (unpaired) electrons. The number of carboxylic acid groups (broad SMARTS) is 1. The summed E-state index contributed by atoms with van der Waals surface area (Å²) in [4.78, 5) is 27.4. The van der Waals surface area contributed by atoms with Crippen LogP contribution in [0.2, 0.25) is 0 Å². The average Bonchev–Trinajstić information content (AvgIpc) is 3.21. The Labute approximate surface area is 267 Å². The summed E-state index contributed by atoms with van der Waals surface area (Å²) in [5, 5.41) is 9.12. The van der Waals surface area contributed by atoms with E-state index in [1.54, 1.807) is 9.80 Å². The molecule has 0 spiro atoms. The first-order chi connectivity index (χ1) is 18.1. The molecule has 2 aliphatic rings. The van der Waals surface area contributed by atoms with Crippen molar-refractivity contribution in [2.75, 3.05) is 37.7 Å². The first-order valence-electron chi connectivity index (χ1n) is 12.5. The summed E-state index contributed by atoms with van der Waals surface area (Å²) in [6.45, 7) is -2.51. The summed E-state index contributed by atoms with van der Waals surface area (Å²) in [6, 6.07) is 18.6. The molecule has 3 aromatic carbocycles. The Morgan fingerprint density at radius 3 is 2.05 bits per heavy atom. The second-order valence-electron chi connectivity index (χ2n) is 9.75. The molecular formula is C28H27BF3KN2O4. The Kier molecular flexibility index (Phi) is 9.17. The minimum Gasteiger partial charge on any atom is -0.481 e. The number of hydrogen-bond donors (Lipinski definition) is 1. The van der Waals surface area contributed by atoms with Gasteiger partial charge in [0.25, 0.3) is 0 Å². The molecule has 0 unspecified atom stereocenters. The summed E-state index contributed by atoms with van der Waals surface area (Å²) in [5.74, 6) is -1.25. The maximum atomic E-state index is 13.7. The van der Waals surface area contributed by atoms with Gasteiger partial charge in [0, 0.05) is 37.8 Å². The van der Waals surface area contributed by atoms with E-state index in [-0.39, 0.29) is 88.1 Å². The number of carbonyl (C=O) groups excluding carboxylic acids is 1. The second-order valence-corrected chi connectivity index (χ2v) is 9.75. The van der Waals surface area contributed by atoms with Gasteiger partial charge in [-0.2, -0.15) is 0 Å². The molecule has 1 N–H and O–H groups in total. The standard InChI is InChI=1S/C28H27BF3N2O4.K/c1-18-25(29(30,31)32)14-19(16-27(35)36)15-26(18)33-10-12-34(13-11-33)28(37)38-17-24-22-8-4-2-6-20(22)21-7-3-5-9-23(21)24;/h2-9,14-15,24H,10-13,16-17H2,1H3,(H,35,36);/q-1;+1. The van der Waals surface area contributed by atoms with Gasteiger partial charge in [0.15, 0.2) is 0 Å². The number of amides is 1. The van der Waals surface area contributed by atoms with E-state index < -0.39 is 30.9 Å². The molecule has 0 aromatic heterocycles.